The van der Waals surface area contributed by atoms with Crippen LogP contribution in [-0.2, 0) is 6.54 Å². The average Bonchev–Trinajstić information content (AvgIpc) is 2.45. The van der Waals surface area contributed by atoms with Crippen LogP contribution in [0, 0.1) is 0 Å². The standard InChI is InChI=1S/C14H11F3N2O2/c15-14(16,17)21-12-6-4-10(5-7-12)13(20)19-9-11-3-1-2-8-18-11/h1-8H,9H2,(H,19,20). The molecule has 0 spiro atoms. The van der Waals surface area contributed by atoms with Crippen LogP contribution < -0.4 is 10.1 Å². The topological polar surface area (TPSA) is 51.2 Å². The van der Waals surface area contributed by atoms with Crippen molar-refractivity contribution in [1.82, 2.24) is 10.3 Å². The number of nitrogens with one attached hydrogen (secondary N) is 1. The van der Waals surface area contributed by atoms with Crippen LogP contribution in [0.5, 0.6) is 5.75 Å². The van der Waals surface area contributed by atoms with Gasteiger partial charge in [0.15, 0.2) is 0 Å². The van der Waals surface area contributed by atoms with Gasteiger partial charge in [-0.1, -0.05) is 6.07 Å². The average molecular weight is 296 g/mol. The van der Waals surface area contributed by atoms with Gasteiger partial charge in [0.1, 0.15) is 5.75 Å². The molecule has 0 aliphatic carbocycles. The van der Waals surface area contributed by atoms with Gasteiger partial charge in [0.2, 0.25) is 0 Å². The Morgan fingerprint density at radius 3 is 2.43 bits per heavy atom. The van der Waals surface area contributed by atoms with E-state index >= 15 is 0 Å². The highest BCUT2D eigenvalue weighted by atomic mass is 19.4. The molecule has 0 radical (unpaired) electrons. The van der Waals surface area contributed by atoms with Gasteiger partial charge in [0.05, 0.1) is 12.2 Å². The summed E-state index contributed by atoms with van der Waals surface area (Å²) in [6.07, 6.45) is -3.15. The van der Waals surface area contributed by atoms with Crippen molar-refractivity contribution in [3.8, 4) is 5.75 Å². The van der Waals surface area contributed by atoms with Crippen molar-refractivity contribution < 1.29 is 22.7 Å². The predicted molar refractivity (Wildman–Crippen MR) is 68.5 cm³/mol. The first kappa shape index (κ1) is 14.8. The van der Waals surface area contributed by atoms with Crippen molar-refractivity contribution in [2.45, 2.75) is 12.9 Å². The molecule has 1 aromatic carbocycles. The third kappa shape index (κ3) is 4.79. The van der Waals surface area contributed by atoms with E-state index in [9.17, 15) is 18.0 Å². The summed E-state index contributed by atoms with van der Waals surface area (Å²) in [6.45, 7) is 0.237. The number of pyridine rings is 1. The highest BCUT2D eigenvalue weighted by Gasteiger charge is 2.31. The number of alkyl halides is 3. The molecule has 1 heterocycles. The lowest BCUT2D eigenvalue weighted by Gasteiger charge is -2.09. The molecule has 0 saturated carbocycles. The lowest BCUT2D eigenvalue weighted by Crippen LogP contribution is -2.23. The molecule has 2 aromatic rings. The predicted octanol–water partition coefficient (Wildman–Crippen LogP) is 2.91. The largest absolute Gasteiger partial charge is 0.573 e. The number of benzene rings is 1. The molecule has 1 N–H and O–H groups in total. The molecule has 110 valence electrons. The number of rotatable bonds is 4. The highest BCUT2D eigenvalue weighted by molar-refractivity contribution is 5.94. The van der Waals surface area contributed by atoms with Crippen molar-refractivity contribution in [2.24, 2.45) is 0 Å². The molecule has 0 bridgehead atoms. The molecular weight excluding hydrogens is 285 g/mol. The number of nitrogens with zero attached hydrogens (tertiary/aromatic N) is 1. The first-order chi connectivity index (χ1) is 9.94. The summed E-state index contributed by atoms with van der Waals surface area (Å²) >= 11 is 0. The van der Waals surface area contributed by atoms with Gasteiger partial charge in [0.25, 0.3) is 5.91 Å². The molecule has 7 heteroatoms. The number of ether oxygens (including phenoxy) is 1. The van der Waals surface area contributed by atoms with Crippen molar-refractivity contribution in [3.05, 3.63) is 59.9 Å². The minimum Gasteiger partial charge on any atom is -0.406 e. The van der Waals surface area contributed by atoms with E-state index < -0.39 is 12.3 Å². The van der Waals surface area contributed by atoms with E-state index in [0.29, 0.717) is 5.69 Å². The lowest BCUT2D eigenvalue weighted by atomic mass is 10.2. The van der Waals surface area contributed by atoms with Crippen LogP contribution in [0.1, 0.15) is 16.1 Å². The first-order valence-electron chi connectivity index (χ1n) is 5.98. The second kappa shape index (κ2) is 6.25. The minimum atomic E-state index is -4.75. The molecule has 1 aromatic heterocycles. The summed E-state index contributed by atoms with van der Waals surface area (Å²) < 4.78 is 39.7. The Morgan fingerprint density at radius 2 is 1.86 bits per heavy atom. The number of carbonyl (C=O) groups is 1. The Balaban J connectivity index is 1.94. The molecule has 4 nitrogen and oxygen atoms in total. The molecule has 0 aliphatic heterocycles. The molecular formula is C14H11F3N2O2. The second-order valence-corrected chi connectivity index (χ2v) is 4.08. The molecule has 21 heavy (non-hydrogen) atoms. The summed E-state index contributed by atoms with van der Waals surface area (Å²) in [5.74, 6) is -0.775. The molecule has 0 aliphatic rings. The molecule has 1 amide bonds. The molecule has 0 fully saturated rings. The maximum absolute atomic E-state index is 12.0. The summed E-state index contributed by atoms with van der Waals surface area (Å²) in [7, 11) is 0. The number of hydrogen-bond acceptors (Lipinski definition) is 3. The maximum atomic E-state index is 12.0. The van der Waals surface area contributed by atoms with E-state index in [1.807, 2.05) is 0 Å². The van der Waals surface area contributed by atoms with Crippen molar-refractivity contribution >= 4 is 5.91 Å². The van der Waals surface area contributed by atoms with Gasteiger partial charge in [-0.05, 0) is 36.4 Å². The van der Waals surface area contributed by atoms with Crippen LogP contribution in [0.25, 0.3) is 0 Å². The maximum Gasteiger partial charge on any atom is 0.573 e. The fraction of sp³-hybridized carbons (Fsp3) is 0.143. The van der Waals surface area contributed by atoms with Gasteiger partial charge in [-0.3, -0.25) is 9.78 Å². The first-order valence-corrected chi connectivity index (χ1v) is 5.98. The van der Waals surface area contributed by atoms with E-state index in [1.165, 1.54) is 12.1 Å². The number of carbonyl (C=O) groups excluding carboxylic acids is 1. The van der Waals surface area contributed by atoms with Crippen LogP contribution in [0.3, 0.4) is 0 Å². The van der Waals surface area contributed by atoms with Gasteiger partial charge in [-0.2, -0.15) is 0 Å². The molecule has 0 saturated heterocycles. The van der Waals surface area contributed by atoms with Gasteiger partial charge in [-0.25, -0.2) is 0 Å². The SMILES string of the molecule is O=C(NCc1ccccn1)c1ccc(OC(F)(F)F)cc1. The van der Waals surface area contributed by atoms with Crippen LogP contribution in [-0.4, -0.2) is 17.3 Å². The van der Waals surface area contributed by atoms with Gasteiger partial charge in [0, 0.05) is 11.8 Å². The van der Waals surface area contributed by atoms with E-state index in [2.05, 4.69) is 15.0 Å². The Morgan fingerprint density at radius 1 is 1.14 bits per heavy atom. The number of amides is 1. The number of aromatic nitrogens is 1. The number of halogens is 3. The van der Waals surface area contributed by atoms with Gasteiger partial charge < -0.3 is 10.1 Å². The summed E-state index contributed by atoms with van der Waals surface area (Å²) in [4.78, 5) is 15.9. The monoisotopic (exact) mass is 296 g/mol. The van der Waals surface area contributed by atoms with Gasteiger partial charge >= 0.3 is 6.36 Å². The zero-order valence-electron chi connectivity index (χ0n) is 10.7. The smallest absolute Gasteiger partial charge is 0.406 e. The van der Waals surface area contributed by atoms with E-state index in [-0.39, 0.29) is 17.9 Å². The second-order valence-electron chi connectivity index (χ2n) is 4.08. The fourth-order valence-electron chi connectivity index (χ4n) is 1.58. The van der Waals surface area contributed by atoms with Gasteiger partial charge in [-0.15, -0.1) is 13.2 Å². The van der Waals surface area contributed by atoms with Crippen LogP contribution >= 0.6 is 0 Å². The Bertz CT molecular complexity index is 598. The number of hydrogen-bond donors (Lipinski definition) is 1. The van der Waals surface area contributed by atoms with Crippen molar-refractivity contribution in [3.63, 3.8) is 0 Å². The fourth-order valence-corrected chi connectivity index (χ4v) is 1.58. The minimum absolute atomic E-state index is 0.237. The molecule has 0 unspecified atom stereocenters. The highest BCUT2D eigenvalue weighted by Crippen LogP contribution is 2.22. The normalized spacial score (nSPS) is 11.0. The zero-order chi connectivity index (χ0) is 15.3. The molecule has 0 atom stereocenters. The Kier molecular flexibility index (Phi) is 4.42. The third-order valence-corrected chi connectivity index (χ3v) is 2.51. The van der Waals surface area contributed by atoms with Crippen molar-refractivity contribution in [1.29, 1.82) is 0 Å². The molecule has 2 rings (SSSR count). The zero-order valence-corrected chi connectivity index (χ0v) is 10.7. The van der Waals surface area contributed by atoms with E-state index in [4.69, 9.17) is 0 Å². The van der Waals surface area contributed by atoms with Crippen molar-refractivity contribution in [2.75, 3.05) is 0 Å². The van der Waals surface area contributed by atoms with Crippen LogP contribution in [0.15, 0.2) is 48.7 Å². The van der Waals surface area contributed by atoms with Crippen LogP contribution in [0.2, 0.25) is 0 Å². The Hall–Kier alpha value is -2.57. The van der Waals surface area contributed by atoms with E-state index in [1.54, 1.807) is 24.4 Å². The third-order valence-electron chi connectivity index (χ3n) is 2.51. The summed E-state index contributed by atoms with van der Waals surface area (Å²) in [5.41, 5.74) is 0.920. The quantitative estimate of drug-likeness (QED) is 0.943. The Labute approximate surface area is 118 Å². The van der Waals surface area contributed by atoms with E-state index in [0.717, 1.165) is 12.1 Å². The van der Waals surface area contributed by atoms with Crippen LogP contribution in [0.4, 0.5) is 13.2 Å². The summed E-state index contributed by atoms with van der Waals surface area (Å²) in [5, 5.41) is 2.62. The summed E-state index contributed by atoms with van der Waals surface area (Å²) in [6, 6.07) is 9.99. The lowest BCUT2D eigenvalue weighted by molar-refractivity contribution is -0.274.